The zero-order chi connectivity index (χ0) is 21.0. The minimum atomic E-state index is -0.353. The Morgan fingerprint density at radius 3 is 2.83 bits per heavy atom. The highest BCUT2D eigenvalue weighted by molar-refractivity contribution is 14.1. The van der Waals surface area contributed by atoms with Gasteiger partial charge in [-0.2, -0.15) is 5.10 Å². The van der Waals surface area contributed by atoms with Crippen molar-refractivity contribution in [3.8, 4) is 11.1 Å². The summed E-state index contributed by atoms with van der Waals surface area (Å²) >= 11 is 2.23. The minimum Gasteiger partial charge on any atom is -0.345 e. The molecule has 5 nitrogen and oxygen atoms in total. The number of halogens is 2. The number of nitrogens with zero attached hydrogens (tertiary/aromatic N) is 3. The van der Waals surface area contributed by atoms with E-state index >= 15 is 4.39 Å². The number of fused-ring (bicyclic) bond motifs is 1. The first kappa shape index (κ1) is 19.8. The van der Waals surface area contributed by atoms with Gasteiger partial charge in [0.15, 0.2) is 0 Å². The molecule has 30 heavy (non-hydrogen) atoms. The fraction of sp³-hybridized carbons (Fsp3) is 0.227. The van der Waals surface area contributed by atoms with Crippen molar-refractivity contribution in [2.24, 2.45) is 5.92 Å². The Balaban J connectivity index is 1.55. The van der Waals surface area contributed by atoms with E-state index in [1.807, 2.05) is 37.4 Å². The number of carbonyl (C=O) groups excluding carboxylic acids is 1. The van der Waals surface area contributed by atoms with Crippen molar-refractivity contribution in [1.82, 2.24) is 19.7 Å². The highest BCUT2D eigenvalue weighted by atomic mass is 127. The number of H-pyrrole nitrogens is 1. The smallest absolute Gasteiger partial charge is 0.144 e. The molecule has 2 unspecified atom stereocenters. The number of carbonyl (C=O) groups is 1. The number of ketones is 1. The molecular weight excluding hydrogens is 513 g/mol. The summed E-state index contributed by atoms with van der Waals surface area (Å²) in [5, 5.41) is 5.06. The monoisotopic (exact) mass is 532 g/mol. The summed E-state index contributed by atoms with van der Waals surface area (Å²) in [7, 11) is 2.66. The zero-order valence-electron chi connectivity index (χ0n) is 16.1. The first-order valence-electron chi connectivity index (χ1n) is 9.62. The number of hydrogen-bond donors (Lipinski definition) is 1. The maximum Gasteiger partial charge on any atom is 0.144 e. The van der Waals surface area contributed by atoms with E-state index in [0.29, 0.717) is 5.56 Å². The van der Waals surface area contributed by atoms with Crippen LogP contribution in [0.15, 0.2) is 49.1 Å². The minimum absolute atomic E-state index is 0.148. The summed E-state index contributed by atoms with van der Waals surface area (Å²) < 4.78 is 17.9. The summed E-state index contributed by atoms with van der Waals surface area (Å²) in [5.41, 5.74) is 4.89. The van der Waals surface area contributed by atoms with E-state index in [1.54, 1.807) is 23.3 Å². The van der Waals surface area contributed by atoms with E-state index in [2.05, 4.69) is 46.9 Å². The van der Waals surface area contributed by atoms with Crippen molar-refractivity contribution in [1.29, 1.82) is 0 Å². The van der Waals surface area contributed by atoms with Crippen LogP contribution in [0.2, 0.25) is 0 Å². The second-order valence-corrected chi connectivity index (χ2v) is 9.03. The quantitative estimate of drug-likeness (QED) is 0.239. The van der Waals surface area contributed by atoms with Crippen molar-refractivity contribution in [2.45, 2.75) is 23.3 Å². The molecule has 1 aliphatic carbocycles. The second kappa shape index (κ2) is 7.54. The fourth-order valence-corrected chi connectivity index (χ4v) is 5.36. The Kier molecular flexibility index (Phi) is 4.98. The van der Waals surface area contributed by atoms with Crippen molar-refractivity contribution < 1.29 is 9.18 Å². The summed E-state index contributed by atoms with van der Waals surface area (Å²) in [5.74, 6) is -0.911. The number of benzene rings is 2. The number of hydrogen-bond acceptors (Lipinski definition) is 3. The van der Waals surface area contributed by atoms with Crippen molar-refractivity contribution in [2.75, 3.05) is 0 Å². The molecule has 8 heteroatoms. The normalized spacial score (nSPS) is 21.2. The van der Waals surface area contributed by atoms with Crippen LogP contribution in [0.25, 0.3) is 22.2 Å². The molecule has 4 aromatic rings. The summed E-state index contributed by atoms with van der Waals surface area (Å²) in [6.07, 6.45) is 5.29. The maximum atomic E-state index is 15.4. The Labute approximate surface area is 188 Å². The van der Waals surface area contributed by atoms with E-state index in [0.717, 1.165) is 37.6 Å². The van der Waals surface area contributed by atoms with Gasteiger partial charge < -0.3 is 4.98 Å². The number of rotatable bonds is 4. The largest absolute Gasteiger partial charge is 0.345 e. The lowest BCUT2D eigenvalue weighted by molar-refractivity contribution is -0.132. The first-order chi connectivity index (χ1) is 14.5. The fourth-order valence-electron chi connectivity index (χ4n) is 4.48. The predicted octanol–water partition coefficient (Wildman–Crippen LogP) is 4.54. The predicted molar refractivity (Wildman–Crippen MR) is 127 cm³/mol. The van der Waals surface area contributed by atoms with Gasteiger partial charge in [-0.1, -0.05) is 35.6 Å². The van der Waals surface area contributed by atoms with E-state index in [4.69, 9.17) is 0 Å². The van der Waals surface area contributed by atoms with Crippen LogP contribution in [0.5, 0.6) is 0 Å². The van der Waals surface area contributed by atoms with E-state index < -0.39 is 0 Å². The van der Waals surface area contributed by atoms with Crippen molar-refractivity contribution in [3.05, 3.63) is 66.0 Å². The van der Waals surface area contributed by atoms with E-state index in [-0.39, 0.29) is 29.4 Å². The van der Waals surface area contributed by atoms with Gasteiger partial charge in [-0.25, -0.2) is 9.37 Å². The highest BCUT2D eigenvalue weighted by Crippen LogP contribution is 2.51. The molecular formula is C22H19FIN4OP. The number of nitrogens with one attached hydrogen (secondary N) is 1. The van der Waals surface area contributed by atoms with Crippen LogP contribution < -0.4 is 5.30 Å². The van der Waals surface area contributed by atoms with Gasteiger partial charge in [0, 0.05) is 23.6 Å². The molecule has 0 amide bonds. The lowest BCUT2D eigenvalue weighted by Crippen LogP contribution is -2.44. The Morgan fingerprint density at radius 1 is 1.27 bits per heavy atom. The van der Waals surface area contributed by atoms with E-state index in [9.17, 15) is 4.79 Å². The Hall–Kier alpha value is -2.12. The molecule has 0 aliphatic heterocycles. The van der Waals surface area contributed by atoms with Crippen LogP contribution >= 0.6 is 31.8 Å². The molecule has 152 valence electrons. The molecule has 0 spiro atoms. The van der Waals surface area contributed by atoms with Gasteiger partial charge >= 0.3 is 0 Å². The average molecular weight is 532 g/mol. The van der Waals surface area contributed by atoms with Crippen LogP contribution in [0.1, 0.15) is 29.9 Å². The number of aromatic nitrogens is 4. The van der Waals surface area contributed by atoms with Gasteiger partial charge in [-0.05, 0) is 46.3 Å². The number of alkyl halides is 1. The number of imidazole rings is 1. The van der Waals surface area contributed by atoms with Gasteiger partial charge in [0.05, 0.1) is 34.0 Å². The van der Waals surface area contributed by atoms with Gasteiger partial charge in [0.2, 0.25) is 0 Å². The van der Waals surface area contributed by atoms with Crippen LogP contribution in [0.3, 0.4) is 0 Å². The molecule has 1 aliphatic rings. The molecule has 0 saturated heterocycles. The highest BCUT2D eigenvalue weighted by Gasteiger charge is 2.49. The molecule has 2 aromatic carbocycles. The Bertz CT molecular complexity index is 1260. The summed E-state index contributed by atoms with van der Waals surface area (Å²) in [6.45, 7) is 1.89. The number of Topliss-reactive ketones (excluding diaryl/α,β-unsaturated/α-hetero) is 1. The molecule has 1 N–H and O–H groups in total. The molecule has 5 rings (SSSR count). The Morgan fingerprint density at radius 2 is 2.10 bits per heavy atom. The van der Waals surface area contributed by atoms with Crippen LogP contribution in [-0.4, -0.2) is 25.5 Å². The van der Waals surface area contributed by atoms with Crippen molar-refractivity contribution in [3.63, 3.8) is 0 Å². The van der Waals surface area contributed by atoms with E-state index in [1.165, 1.54) is 0 Å². The zero-order valence-corrected chi connectivity index (χ0v) is 19.5. The van der Waals surface area contributed by atoms with Crippen LogP contribution in [0, 0.1) is 11.7 Å². The molecule has 0 radical (unpaired) electrons. The SMILES string of the molecule is C[C@H]1C(=O)C(c2ccc3nc[nH]c3c2)[C@H]1c1c(F)cc(-c2cnn(CI)c2)cc1P. The third-order valence-electron chi connectivity index (χ3n) is 6.04. The third kappa shape index (κ3) is 3.10. The second-order valence-electron chi connectivity index (χ2n) is 7.72. The average Bonchev–Trinajstić information content (AvgIpc) is 3.41. The molecule has 0 bridgehead atoms. The summed E-state index contributed by atoms with van der Waals surface area (Å²) in [4.78, 5) is 20.1. The van der Waals surface area contributed by atoms with Gasteiger partial charge in [0.25, 0.3) is 0 Å². The van der Waals surface area contributed by atoms with Gasteiger partial charge in [0.1, 0.15) is 11.6 Å². The summed E-state index contributed by atoms with van der Waals surface area (Å²) in [6, 6.07) is 9.31. The lowest BCUT2D eigenvalue weighted by Gasteiger charge is -2.42. The molecule has 1 saturated carbocycles. The molecule has 1 fully saturated rings. The van der Waals surface area contributed by atoms with Gasteiger partial charge in [-0.3, -0.25) is 9.48 Å². The lowest BCUT2D eigenvalue weighted by atomic mass is 9.59. The molecule has 2 aromatic heterocycles. The standard InChI is InChI=1S/C22H19FIN4OP/c1-11-19(20(22(11)29)12-2-3-16-17(5-12)26-10-25-16)21-15(23)4-13(6-18(21)30)14-7-27-28(8-14)9-24/h2-8,10-11,19-20H,9,30H2,1H3,(H,25,26)/t11-,19+,20?/m1/s1. The maximum absolute atomic E-state index is 15.4. The van der Waals surface area contributed by atoms with Crippen molar-refractivity contribution >= 4 is 54.0 Å². The third-order valence-corrected chi connectivity index (χ3v) is 7.22. The molecule has 2 heterocycles. The first-order valence-corrected chi connectivity index (χ1v) is 11.7. The van der Waals surface area contributed by atoms with Crippen LogP contribution in [0.4, 0.5) is 4.39 Å². The molecule has 4 atom stereocenters. The van der Waals surface area contributed by atoms with Crippen LogP contribution in [-0.2, 0) is 9.35 Å². The number of aromatic amines is 1. The topological polar surface area (TPSA) is 63.6 Å². The van der Waals surface area contributed by atoms with Gasteiger partial charge in [-0.15, -0.1) is 9.24 Å².